The molecule has 0 spiro atoms. The van der Waals surface area contributed by atoms with Gasteiger partial charge in [0.2, 0.25) is 0 Å². The van der Waals surface area contributed by atoms with E-state index >= 15 is 0 Å². The first-order chi connectivity index (χ1) is 16.8. The molecule has 0 amide bonds. The number of aliphatic hydroxyl groups is 1. The van der Waals surface area contributed by atoms with Crippen LogP contribution in [0.4, 0.5) is 5.69 Å². The highest BCUT2D eigenvalue weighted by atomic mass is 16.3. The maximum atomic E-state index is 10.3. The Labute approximate surface area is 203 Å². The molecular formula is C26H26N8O. The lowest BCUT2D eigenvalue weighted by molar-refractivity contribution is 0.198. The van der Waals surface area contributed by atoms with Crippen molar-refractivity contribution < 1.29 is 5.11 Å². The number of benzene rings is 1. The Morgan fingerprint density at radius 3 is 2.74 bits per heavy atom. The lowest BCUT2D eigenvalue weighted by Crippen LogP contribution is -2.10. The number of aromatic nitrogens is 5. The molecule has 1 aromatic carbocycles. The van der Waals surface area contributed by atoms with E-state index in [1.54, 1.807) is 30.2 Å². The van der Waals surface area contributed by atoms with Crippen molar-refractivity contribution in [2.45, 2.75) is 33.8 Å². The monoisotopic (exact) mass is 466 g/mol. The zero-order valence-electron chi connectivity index (χ0n) is 20.1. The van der Waals surface area contributed by atoms with Crippen LogP contribution in [0.2, 0.25) is 0 Å². The number of aliphatic hydroxyl groups excluding tert-OH is 1. The minimum Gasteiger partial charge on any atom is -0.389 e. The summed E-state index contributed by atoms with van der Waals surface area (Å²) in [4.78, 5) is 13.6. The van der Waals surface area contributed by atoms with Gasteiger partial charge in [-0.3, -0.25) is 9.56 Å². The van der Waals surface area contributed by atoms with Crippen LogP contribution in [0.15, 0.2) is 71.8 Å². The summed E-state index contributed by atoms with van der Waals surface area (Å²) in [5.74, 6) is 1.08. The molecule has 176 valence electrons. The number of hydrogen-bond donors (Lipinski definition) is 2. The van der Waals surface area contributed by atoms with Gasteiger partial charge in [-0.25, -0.2) is 14.6 Å². The fraction of sp³-hybridized carbons (Fsp3) is 0.192. The number of nitriles is 1. The number of hydrogen-bond acceptors (Lipinski definition) is 7. The minimum absolute atomic E-state index is 0.285. The Bertz CT molecular complexity index is 1510. The molecule has 1 unspecified atom stereocenters. The summed E-state index contributed by atoms with van der Waals surface area (Å²) < 4.78 is 3.45. The predicted octanol–water partition coefficient (Wildman–Crippen LogP) is 4.76. The van der Waals surface area contributed by atoms with Gasteiger partial charge in [-0.1, -0.05) is 12.7 Å². The number of pyridine rings is 1. The zero-order valence-corrected chi connectivity index (χ0v) is 20.1. The summed E-state index contributed by atoms with van der Waals surface area (Å²) in [7, 11) is 0. The summed E-state index contributed by atoms with van der Waals surface area (Å²) in [6.45, 7) is 11.1. The zero-order chi connectivity index (χ0) is 25.1. The highest BCUT2D eigenvalue weighted by Gasteiger charge is 2.17. The summed E-state index contributed by atoms with van der Waals surface area (Å²) in [6, 6.07) is 13.2. The van der Waals surface area contributed by atoms with Crippen molar-refractivity contribution in [3.8, 4) is 17.7 Å². The quantitative estimate of drug-likeness (QED) is 0.379. The number of nitrogens with zero attached hydrogens (tertiary/aromatic N) is 7. The maximum absolute atomic E-state index is 10.3. The Morgan fingerprint density at radius 1 is 1.29 bits per heavy atom. The van der Waals surface area contributed by atoms with Crippen molar-refractivity contribution in [1.82, 2.24) is 24.3 Å². The third-order valence-corrected chi connectivity index (χ3v) is 5.36. The first-order valence-electron chi connectivity index (χ1n) is 11.1. The van der Waals surface area contributed by atoms with Crippen molar-refractivity contribution >= 4 is 22.9 Å². The summed E-state index contributed by atoms with van der Waals surface area (Å²) in [6.07, 6.45) is 4.61. The second kappa shape index (κ2) is 9.75. The number of imidazole rings is 1. The van der Waals surface area contributed by atoms with Gasteiger partial charge < -0.3 is 10.4 Å². The van der Waals surface area contributed by atoms with Crippen LogP contribution in [0.25, 0.3) is 22.7 Å². The third-order valence-electron chi connectivity index (χ3n) is 5.36. The van der Waals surface area contributed by atoms with E-state index in [4.69, 9.17) is 4.98 Å². The van der Waals surface area contributed by atoms with Gasteiger partial charge in [0.05, 0.1) is 29.0 Å². The maximum Gasteiger partial charge on any atom is 0.163 e. The minimum atomic E-state index is -0.761. The third kappa shape index (κ3) is 4.88. The van der Waals surface area contributed by atoms with Crippen molar-refractivity contribution in [2.75, 3.05) is 5.32 Å². The lowest BCUT2D eigenvalue weighted by atomic mass is 10.1. The summed E-state index contributed by atoms with van der Waals surface area (Å²) in [5.41, 5.74) is 5.73. The van der Waals surface area contributed by atoms with E-state index in [9.17, 15) is 10.4 Å². The topological polar surface area (TPSA) is 117 Å². The molecule has 9 nitrogen and oxygen atoms in total. The molecule has 0 aliphatic rings. The van der Waals surface area contributed by atoms with Gasteiger partial charge in [-0.05, 0) is 64.1 Å². The number of fused-ring (bicyclic) bond motifs is 1. The molecule has 3 aromatic heterocycles. The van der Waals surface area contributed by atoms with Crippen LogP contribution in [0.1, 0.15) is 43.8 Å². The van der Waals surface area contributed by atoms with Crippen LogP contribution in [-0.2, 0) is 0 Å². The Balaban J connectivity index is 1.74. The molecule has 0 saturated heterocycles. The fourth-order valence-corrected chi connectivity index (χ4v) is 3.62. The van der Waals surface area contributed by atoms with Crippen LogP contribution in [0, 0.1) is 18.3 Å². The van der Waals surface area contributed by atoms with E-state index in [1.807, 2.05) is 67.8 Å². The van der Waals surface area contributed by atoms with Gasteiger partial charge in [-0.15, -0.1) is 0 Å². The summed E-state index contributed by atoms with van der Waals surface area (Å²) >= 11 is 0. The van der Waals surface area contributed by atoms with E-state index in [2.05, 4.69) is 27.0 Å². The van der Waals surface area contributed by atoms with Gasteiger partial charge in [0, 0.05) is 22.6 Å². The molecule has 0 saturated carbocycles. The number of aliphatic imine (C=N–C) groups is 1. The predicted molar refractivity (Wildman–Crippen MR) is 137 cm³/mol. The molecule has 4 aromatic rings. The lowest BCUT2D eigenvalue weighted by Gasteiger charge is -2.14. The fourth-order valence-electron chi connectivity index (χ4n) is 3.62. The average molecular weight is 467 g/mol. The van der Waals surface area contributed by atoms with E-state index in [1.165, 1.54) is 0 Å². The van der Waals surface area contributed by atoms with Crippen molar-refractivity contribution in [2.24, 2.45) is 4.99 Å². The molecule has 0 aliphatic heterocycles. The first-order valence-corrected chi connectivity index (χ1v) is 11.1. The highest BCUT2D eigenvalue weighted by molar-refractivity contribution is 5.86. The highest BCUT2D eigenvalue weighted by Crippen LogP contribution is 2.26. The van der Waals surface area contributed by atoms with Crippen LogP contribution in [0.3, 0.4) is 0 Å². The van der Waals surface area contributed by atoms with Crippen LogP contribution >= 0.6 is 0 Å². The number of aryl methyl sites for hydroxylation is 1. The van der Waals surface area contributed by atoms with Gasteiger partial charge in [0.25, 0.3) is 0 Å². The second-order valence-electron chi connectivity index (χ2n) is 8.13. The molecule has 0 radical (unpaired) electrons. The first kappa shape index (κ1) is 23.6. The molecule has 0 aliphatic carbocycles. The Hall–Kier alpha value is -4.55. The smallest absolute Gasteiger partial charge is 0.163 e. The number of anilines is 1. The number of nitrogens with one attached hydrogen (secondary N) is 1. The molecular weight excluding hydrogens is 440 g/mol. The van der Waals surface area contributed by atoms with Crippen molar-refractivity contribution in [3.63, 3.8) is 0 Å². The standard InChI is InChI=1S/C26H26N8O/c1-6-19(14-28-16(2)3)30-20-7-9-24-23(12-20)29-15-33(24)25-10-8-22(18(5)35)26(31-25)34-17(4)11-21(13-27)32-34/h6-12,14-15,18,30,35H,2H2,1,3-5H3/b19-6+,28-14-. The molecule has 2 N–H and O–H groups in total. The van der Waals surface area contributed by atoms with Crippen molar-refractivity contribution in [3.05, 3.63) is 83.7 Å². The second-order valence-corrected chi connectivity index (χ2v) is 8.13. The number of allylic oxidation sites excluding steroid dienone is 3. The van der Waals surface area contributed by atoms with E-state index in [0.717, 1.165) is 33.8 Å². The van der Waals surface area contributed by atoms with Gasteiger partial charge in [0.15, 0.2) is 11.5 Å². The SMILES string of the molecule is C=C(C)/N=C\C(=C/C)Nc1ccc2c(c1)ncn2-c1ccc(C(C)O)c(-n2nc(C#N)cc2C)n1. The Morgan fingerprint density at radius 2 is 2.09 bits per heavy atom. The van der Waals surface area contributed by atoms with E-state index in [0.29, 0.717) is 17.2 Å². The number of rotatable bonds is 7. The molecule has 35 heavy (non-hydrogen) atoms. The van der Waals surface area contributed by atoms with Gasteiger partial charge >= 0.3 is 0 Å². The van der Waals surface area contributed by atoms with Crippen LogP contribution in [0.5, 0.6) is 0 Å². The summed E-state index contributed by atoms with van der Waals surface area (Å²) in [5, 5.41) is 27.2. The van der Waals surface area contributed by atoms with E-state index < -0.39 is 6.10 Å². The molecule has 0 fully saturated rings. The van der Waals surface area contributed by atoms with E-state index in [-0.39, 0.29) is 5.69 Å². The van der Waals surface area contributed by atoms with Crippen LogP contribution < -0.4 is 5.32 Å². The van der Waals surface area contributed by atoms with Gasteiger partial charge in [0.1, 0.15) is 18.2 Å². The molecule has 9 heteroatoms. The average Bonchev–Trinajstić information content (AvgIpc) is 3.43. The van der Waals surface area contributed by atoms with Crippen molar-refractivity contribution in [1.29, 1.82) is 5.26 Å². The molecule has 0 bridgehead atoms. The van der Waals surface area contributed by atoms with Gasteiger partial charge in [-0.2, -0.15) is 10.4 Å². The normalized spacial score (nSPS) is 12.7. The molecule has 1 atom stereocenters. The van der Waals surface area contributed by atoms with Crippen LogP contribution in [-0.4, -0.2) is 35.6 Å². The molecule has 3 heterocycles. The molecule has 4 rings (SSSR count). The Kier molecular flexibility index (Phi) is 6.57. The largest absolute Gasteiger partial charge is 0.389 e.